The predicted octanol–water partition coefficient (Wildman–Crippen LogP) is 0.944. The van der Waals surface area contributed by atoms with Gasteiger partial charge in [-0.1, -0.05) is 12.1 Å². The van der Waals surface area contributed by atoms with E-state index in [1.807, 2.05) is 31.2 Å². The summed E-state index contributed by atoms with van der Waals surface area (Å²) in [5.41, 5.74) is 6.81. The number of ether oxygens (including phenoxy) is 2. The van der Waals surface area contributed by atoms with Gasteiger partial charge in [-0.3, -0.25) is 4.79 Å². The molecule has 1 fully saturated rings. The molecule has 1 saturated heterocycles. The van der Waals surface area contributed by atoms with Gasteiger partial charge in [0.25, 0.3) is 5.91 Å². The number of hydrogen-bond acceptors (Lipinski definition) is 4. The predicted molar refractivity (Wildman–Crippen MR) is 71.9 cm³/mol. The minimum atomic E-state index is -0.0431. The maximum atomic E-state index is 11.9. The summed E-state index contributed by atoms with van der Waals surface area (Å²) in [5.74, 6) is 0.672. The lowest BCUT2D eigenvalue weighted by Crippen LogP contribution is -2.42. The first-order valence-electron chi connectivity index (χ1n) is 6.50. The van der Waals surface area contributed by atoms with E-state index in [1.54, 1.807) is 4.90 Å². The summed E-state index contributed by atoms with van der Waals surface area (Å²) in [6.07, 6.45) is 0. The fourth-order valence-corrected chi connectivity index (χ4v) is 1.94. The highest BCUT2D eigenvalue weighted by Crippen LogP contribution is 2.17. The highest BCUT2D eigenvalue weighted by molar-refractivity contribution is 5.77. The molecule has 2 rings (SSSR count). The molecular formula is C14H20N2O3. The third kappa shape index (κ3) is 3.94. The maximum absolute atomic E-state index is 11.9. The number of carbonyl (C=O) groups is 1. The molecule has 0 bridgehead atoms. The highest BCUT2D eigenvalue weighted by Gasteiger charge is 2.17. The third-order valence-electron chi connectivity index (χ3n) is 3.11. The minimum absolute atomic E-state index is 0.00509. The third-order valence-corrected chi connectivity index (χ3v) is 3.11. The van der Waals surface area contributed by atoms with Crippen LogP contribution in [0.5, 0.6) is 5.75 Å². The molecule has 1 unspecified atom stereocenters. The normalized spacial score (nSPS) is 17.1. The molecule has 1 aromatic carbocycles. The van der Waals surface area contributed by atoms with Crippen LogP contribution >= 0.6 is 0 Å². The van der Waals surface area contributed by atoms with Crippen LogP contribution in [0, 0.1) is 0 Å². The first kappa shape index (κ1) is 13.8. The van der Waals surface area contributed by atoms with E-state index in [0.29, 0.717) is 32.1 Å². The maximum Gasteiger partial charge on any atom is 0.260 e. The molecule has 1 atom stereocenters. The number of morpholine rings is 1. The number of nitrogens with zero attached hydrogens (tertiary/aromatic N) is 1. The lowest BCUT2D eigenvalue weighted by Gasteiger charge is -2.26. The Morgan fingerprint density at radius 1 is 1.47 bits per heavy atom. The number of amides is 1. The number of hydrogen-bond donors (Lipinski definition) is 1. The second-order valence-electron chi connectivity index (χ2n) is 4.64. The van der Waals surface area contributed by atoms with Gasteiger partial charge in [0, 0.05) is 19.1 Å². The van der Waals surface area contributed by atoms with Crippen LogP contribution in [0.15, 0.2) is 24.3 Å². The fraction of sp³-hybridized carbons (Fsp3) is 0.500. The SMILES string of the molecule is CC(N)c1cccc(OCC(=O)N2CCOCC2)c1. The van der Waals surface area contributed by atoms with Crippen molar-refractivity contribution >= 4 is 5.91 Å². The molecule has 104 valence electrons. The Hall–Kier alpha value is -1.59. The number of nitrogens with two attached hydrogens (primary N) is 1. The van der Waals surface area contributed by atoms with Crippen molar-refractivity contribution in [3.63, 3.8) is 0 Å². The molecule has 0 spiro atoms. The Kier molecular flexibility index (Phi) is 4.76. The molecule has 1 heterocycles. The lowest BCUT2D eigenvalue weighted by atomic mass is 10.1. The van der Waals surface area contributed by atoms with Crippen LogP contribution in [-0.2, 0) is 9.53 Å². The molecule has 1 aliphatic heterocycles. The van der Waals surface area contributed by atoms with Crippen molar-refractivity contribution in [1.82, 2.24) is 4.90 Å². The second-order valence-corrected chi connectivity index (χ2v) is 4.64. The molecule has 0 saturated carbocycles. The van der Waals surface area contributed by atoms with E-state index < -0.39 is 0 Å². The largest absolute Gasteiger partial charge is 0.484 e. The monoisotopic (exact) mass is 264 g/mol. The van der Waals surface area contributed by atoms with E-state index >= 15 is 0 Å². The number of rotatable bonds is 4. The van der Waals surface area contributed by atoms with Crippen molar-refractivity contribution in [3.05, 3.63) is 29.8 Å². The molecule has 1 aliphatic rings. The van der Waals surface area contributed by atoms with Crippen molar-refractivity contribution in [2.24, 2.45) is 5.73 Å². The van der Waals surface area contributed by atoms with Crippen molar-refractivity contribution in [2.75, 3.05) is 32.9 Å². The molecule has 0 aliphatic carbocycles. The molecule has 5 heteroatoms. The van der Waals surface area contributed by atoms with Gasteiger partial charge in [0.05, 0.1) is 13.2 Å². The fourth-order valence-electron chi connectivity index (χ4n) is 1.94. The van der Waals surface area contributed by atoms with Gasteiger partial charge in [-0.05, 0) is 24.6 Å². The van der Waals surface area contributed by atoms with Crippen molar-refractivity contribution in [2.45, 2.75) is 13.0 Å². The van der Waals surface area contributed by atoms with Gasteiger partial charge in [0.15, 0.2) is 6.61 Å². The summed E-state index contributed by atoms with van der Waals surface area (Å²) in [6.45, 7) is 4.46. The molecule has 1 amide bonds. The summed E-state index contributed by atoms with van der Waals surface area (Å²) in [5, 5.41) is 0. The summed E-state index contributed by atoms with van der Waals surface area (Å²) in [4.78, 5) is 13.7. The zero-order valence-corrected chi connectivity index (χ0v) is 11.2. The highest BCUT2D eigenvalue weighted by atomic mass is 16.5. The molecular weight excluding hydrogens is 244 g/mol. The first-order chi connectivity index (χ1) is 9.16. The van der Waals surface area contributed by atoms with E-state index in [-0.39, 0.29) is 18.6 Å². The van der Waals surface area contributed by atoms with Crippen molar-refractivity contribution in [1.29, 1.82) is 0 Å². The summed E-state index contributed by atoms with van der Waals surface area (Å²) >= 11 is 0. The van der Waals surface area contributed by atoms with Crippen LogP contribution in [0.25, 0.3) is 0 Å². The van der Waals surface area contributed by atoms with E-state index in [9.17, 15) is 4.79 Å². The molecule has 19 heavy (non-hydrogen) atoms. The van der Waals surface area contributed by atoms with Gasteiger partial charge in [0.2, 0.25) is 0 Å². The van der Waals surface area contributed by atoms with Crippen molar-refractivity contribution in [3.8, 4) is 5.75 Å². The Balaban J connectivity index is 1.87. The molecule has 0 radical (unpaired) electrons. The Bertz CT molecular complexity index is 428. The van der Waals surface area contributed by atoms with Crippen LogP contribution < -0.4 is 10.5 Å². The quantitative estimate of drug-likeness (QED) is 0.879. The lowest BCUT2D eigenvalue weighted by molar-refractivity contribution is -0.137. The number of carbonyl (C=O) groups excluding carboxylic acids is 1. The van der Waals surface area contributed by atoms with Crippen LogP contribution in [0.1, 0.15) is 18.5 Å². The zero-order valence-electron chi connectivity index (χ0n) is 11.2. The van der Waals surface area contributed by atoms with Crippen LogP contribution in [0.2, 0.25) is 0 Å². The average molecular weight is 264 g/mol. The number of benzene rings is 1. The second kappa shape index (κ2) is 6.54. The van der Waals surface area contributed by atoms with Crippen LogP contribution in [0.3, 0.4) is 0 Å². The van der Waals surface area contributed by atoms with Crippen LogP contribution in [0.4, 0.5) is 0 Å². The standard InChI is InChI=1S/C14H20N2O3/c1-11(15)12-3-2-4-13(9-12)19-10-14(17)16-5-7-18-8-6-16/h2-4,9,11H,5-8,10,15H2,1H3. The topological polar surface area (TPSA) is 64.8 Å². The summed E-state index contributed by atoms with van der Waals surface area (Å²) in [7, 11) is 0. The molecule has 5 nitrogen and oxygen atoms in total. The van der Waals surface area contributed by atoms with E-state index in [2.05, 4.69) is 0 Å². The Labute approximate surface area is 113 Å². The van der Waals surface area contributed by atoms with Gasteiger partial charge in [-0.2, -0.15) is 0 Å². The minimum Gasteiger partial charge on any atom is -0.484 e. The van der Waals surface area contributed by atoms with Gasteiger partial charge in [-0.25, -0.2) is 0 Å². The van der Waals surface area contributed by atoms with E-state index in [4.69, 9.17) is 15.2 Å². The van der Waals surface area contributed by atoms with Gasteiger partial charge < -0.3 is 20.1 Å². The van der Waals surface area contributed by atoms with Gasteiger partial charge in [-0.15, -0.1) is 0 Å². The Morgan fingerprint density at radius 2 is 2.21 bits per heavy atom. The Morgan fingerprint density at radius 3 is 2.89 bits per heavy atom. The van der Waals surface area contributed by atoms with Gasteiger partial charge in [0.1, 0.15) is 5.75 Å². The molecule has 1 aromatic rings. The van der Waals surface area contributed by atoms with Crippen molar-refractivity contribution < 1.29 is 14.3 Å². The summed E-state index contributed by atoms with van der Waals surface area (Å²) < 4.78 is 10.7. The molecule has 2 N–H and O–H groups in total. The van der Waals surface area contributed by atoms with Gasteiger partial charge >= 0.3 is 0 Å². The summed E-state index contributed by atoms with van der Waals surface area (Å²) in [6, 6.07) is 7.49. The van der Waals surface area contributed by atoms with E-state index in [0.717, 1.165) is 5.56 Å². The zero-order chi connectivity index (χ0) is 13.7. The molecule has 0 aromatic heterocycles. The first-order valence-corrected chi connectivity index (χ1v) is 6.50. The smallest absolute Gasteiger partial charge is 0.260 e. The average Bonchev–Trinajstić information content (AvgIpc) is 2.46. The van der Waals surface area contributed by atoms with E-state index in [1.165, 1.54) is 0 Å². The van der Waals surface area contributed by atoms with Crippen LogP contribution in [-0.4, -0.2) is 43.7 Å².